The third-order valence-corrected chi connectivity index (χ3v) is 2.86. The number of nitrogens with zero attached hydrogens (tertiary/aromatic N) is 1. The number of fused-ring (bicyclic) bond motifs is 1. The maximum atomic E-state index is 12.6. The molecule has 1 N–H and O–H groups in total. The number of nitrogens with one attached hydrogen (secondary N) is 1. The number of rotatable bonds is 1. The number of aromatic nitrogens is 2. The lowest BCUT2D eigenvalue weighted by Crippen LogP contribution is -2.06. The third-order valence-electron chi connectivity index (χ3n) is 2.86. The van der Waals surface area contributed by atoms with Crippen molar-refractivity contribution in [2.45, 2.75) is 6.18 Å². The zero-order chi connectivity index (χ0) is 13.5. The van der Waals surface area contributed by atoms with Gasteiger partial charge in [-0.25, -0.2) is 4.98 Å². The van der Waals surface area contributed by atoms with Gasteiger partial charge in [-0.3, -0.25) is 0 Å². The Morgan fingerprint density at radius 1 is 0.895 bits per heavy atom. The number of H-pyrrole nitrogens is 1. The van der Waals surface area contributed by atoms with Gasteiger partial charge in [0.05, 0.1) is 11.0 Å². The number of hydrogen-bond acceptors (Lipinski definition) is 1. The van der Waals surface area contributed by atoms with Crippen LogP contribution in [0, 0.1) is 0 Å². The molecule has 3 rings (SSSR count). The summed E-state index contributed by atoms with van der Waals surface area (Å²) < 4.78 is 37.7. The summed E-state index contributed by atoms with van der Waals surface area (Å²) in [7, 11) is 0. The van der Waals surface area contributed by atoms with E-state index in [1.54, 1.807) is 18.2 Å². The number of hydrogen-bond donors (Lipinski definition) is 1. The van der Waals surface area contributed by atoms with E-state index in [4.69, 9.17) is 0 Å². The zero-order valence-electron chi connectivity index (χ0n) is 9.70. The molecule has 0 aliphatic rings. The fourth-order valence-electron chi connectivity index (χ4n) is 1.95. The van der Waals surface area contributed by atoms with Crippen LogP contribution in [0.15, 0.2) is 48.5 Å². The van der Waals surface area contributed by atoms with Crippen molar-refractivity contribution in [3.8, 4) is 11.1 Å². The quantitative estimate of drug-likeness (QED) is 0.697. The highest BCUT2D eigenvalue weighted by Gasteiger charge is 2.34. The summed E-state index contributed by atoms with van der Waals surface area (Å²) in [6.45, 7) is 0. The van der Waals surface area contributed by atoms with Crippen molar-refractivity contribution < 1.29 is 13.2 Å². The lowest BCUT2D eigenvalue weighted by molar-refractivity contribution is -0.144. The first-order chi connectivity index (χ1) is 9.04. The molecule has 96 valence electrons. The minimum atomic E-state index is -4.45. The number of benzene rings is 2. The number of alkyl halides is 3. The summed E-state index contributed by atoms with van der Waals surface area (Å²) in [6, 6.07) is 14.5. The molecule has 0 unspecified atom stereocenters. The SMILES string of the molecule is FC(F)(F)c1nc2ccc(-c3ccccc3)cc2[nH]1. The molecule has 0 aliphatic carbocycles. The average molecular weight is 262 g/mol. The Bertz CT molecular complexity index is 714. The van der Waals surface area contributed by atoms with Crippen molar-refractivity contribution in [3.05, 3.63) is 54.4 Å². The van der Waals surface area contributed by atoms with Gasteiger partial charge in [-0.15, -0.1) is 0 Å². The van der Waals surface area contributed by atoms with Crippen LogP contribution in [-0.4, -0.2) is 9.97 Å². The van der Waals surface area contributed by atoms with E-state index >= 15 is 0 Å². The third kappa shape index (κ3) is 2.19. The molecule has 0 fully saturated rings. The van der Waals surface area contributed by atoms with Gasteiger partial charge in [0, 0.05) is 0 Å². The van der Waals surface area contributed by atoms with E-state index in [1.807, 2.05) is 30.3 Å². The Balaban J connectivity index is 2.11. The molecule has 0 atom stereocenters. The topological polar surface area (TPSA) is 28.7 Å². The smallest absolute Gasteiger partial charge is 0.334 e. The van der Waals surface area contributed by atoms with Gasteiger partial charge in [0.1, 0.15) is 0 Å². The second-order valence-electron chi connectivity index (χ2n) is 4.18. The van der Waals surface area contributed by atoms with Crippen LogP contribution in [0.3, 0.4) is 0 Å². The van der Waals surface area contributed by atoms with Crippen LogP contribution in [0.5, 0.6) is 0 Å². The van der Waals surface area contributed by atoms with Gasteiger partial charge in [-0.05, 0) is 23.3 Å². The van der Waals surface area contributed by atoms with E-state index in [9.17, 15) is 13.2 Å². The zero-order valence-corrected chi connectivity index (χ0v) is 9.70. The molecule has 2 aromatic carbocycles. The maximum absolute atomic E-state index is 12.6. The molecule has 0 saturated carbocycles. The summed E-state index contributed by atoms with van der Waals surface area (Å²) in [4.78, 5) is 5.85. The minimum absolute atomic E-state index is 0.312. The Kier molecular flexibility index (Phi) is 2.55. The van der Waals surface area contributed by atoms with Gasteiger partial charge >= 0.3 is 6.18 Å². The average Bonchev–Trinajstić information content (AvgIpc) is 2.82. The maximum Gasteiger partial charge on any atom is 0.449 e. The van der Waals surface area contributed by atoms with Crippen LogP contribution in [0.25, 0.3) is 22.2 Å². The molecule has 2 nitrogen and oxygen atoms in total. The molecule has 5 heteroatoms. The van der Waals surface area contributed by atoms with Gasteiger partial charge in [0.25, 0.3) is 0 Å². The molecule has 1 heterocycles. The number of imidazole rings is 1. The van der Waals surface area contributed by atoms with Gasteiger partial charge in [0.15, 0.2) is 0 Å². The normalized spacial score (nSPS) is 11.9. The van der Waals surface area contributed by atoms with Crippen molar-refractivity contribution in [2.75, 3.05) is 0 Å². The van der Waals surface area contributed by atoms with E-state index in [0.717, 1.165) is 11.1 Å². The van der Waals surface area contributed by atoms with Crippen LogP contribution in [0.4, 0.5) is 13.2 Å². The highest BCUT2D eigenvalue weighted by molar-refractivity contribution is 5.82. The van der Waals surface area contributed by atoms with Crippen LogP contribution >= 0.6 is 0 Å². The Labute approximate surface area is 106 Å². The fraction of sp³-hybridized carbons (Fsp3) is 0.0714. The summed E-state index contributed by atoms with van der Waals surface area (Å²) in [5.41, 5.74) is 2.50. The van der Waals surface area contributed by atoms with Crippen molar-refractivity contribution in [1.29, 1.82) is 0 Å². The summed E-state index contributed by atoms with van der Waals surface area (Å²) in [5.74, 6) is -0.965. The summed E-state index contributed by atoms with van der Waals surface area (Å²) in [6.07, 6.45) is -4.45. The van der Waals surface area contributed by atoms with E-state index in [0.29, 0.717) is 11.0 Å². The lowest BCUT2D eigenvalue weighted by Gasteiger charge is -2.00. The minimum Gasteiger partial charge on any atom is -0.334 e. The predicted molar refractivity (Wildman–Crippen MR) is 66.5 cm³/mol. The highest BCUT2D eigenvalue weighted by Crippen LogP contribution is 2.30. The summed E-state index contributed by atoms with van der Waals surface area (Å²) >= 11 is 0. The highest BCUT2D eigenvalue weighted by atomic mass is 19.4. The largest absolute Gasteiger partial charge is 0.449 e. The molecule has 0 amide bonds. The van der Waals surface area contributed by atoms with Gasteiger partial charge in [-0.1, -0.05) is 36.4 Å². The fourth-order valence-corrected chi connectivity index (χ4v) is 1.95. The van der Waals surface area contributed by atoms with E-state index in [1.165, 1.54) is 0 Å². The Morgan fingerprint density at radius 3 is 2.32 bits per heavy atom. The second-order valence-corrected chi connectivity index (χ2v) is 4.18. The first-order valence-corrected chi connectivity index (χ1v) is 5.66. The Morgan fingerprint density at radius 2 is 1.63 bits per heavy atom. The molecule has 0 saturated heterocycles. The van der Waals surface area contributed by atoms with Gasteiger partial charge in [-0.2, -0.15) is 13.2 Å². The van der Waals surface area contributed by atoms with Crippen LogP contribution in [0.2, 0.25) is 0 Å². The molecule has 1 aromatic heterocycles. The standard InChI is InChI=1S/C14H9F3N2/c15-14(16,17)13-18-11-7-6-10(8-12(11)19-13)9-4-2-1-3-5-9/h1-8H,(H,18,19). The van der Waals surface area contributed by atoms with Crippen molar-refractivity contribution >= 4 is 11.0 Å². The first kappa shape index (κ1) is 11.8. The lowest BCUT2D eigenvalue weighted by atomic mass is 10.1. The predicted octanol–water partition coefficient (Wildman–Crippen LogP) is 4.25. The van der Waals surface area contributed by atoms with Crippen molar-refractivity contribution in [3.63, 3.8) is 0 Å². The number of aromatic amines is 1. The Hall–Kier alpha value is -2.30. The van der Waals surface area contributed by atoms with Crippen LogP contribution in [0.1, 0.15) is 5.82 Å². The molecule has 19 heavy (non-hydrogen) atoms. The van der Waals surface area contributed by atoms with Crippen LogP contribution in [-0.2, 0) is 6.18 Å². The van der Waals surface area contributed by atoms with Crippen LogP contribution < -0.4 is 0 Å². The molecular formula is C14H9F3N2. The monoisotopic (exact) mass is 262 g/mol. The van der Waals surface area contributed by atoms with E-state index in [2.05, 4.69) is 9.97 Å². The molecular weight excluding hydrogens is 253 g/mol. The van der Waals surface area contributed by atoms with E-state index < -0.39 is 12.0 Å². The molecule has 0 bridgehead atoms. The number of halogens is 3. The molecule has 3 aromatic rings. The first-order valence-electron chi connectivity index (χ1n) is 5.66. The van der Waals surface area contributed by atoms with Gasteiger partial charge < -0.3 is 4.98 Å². The van der Waals surface area contributed by atoms with Gasteiger partial charge in [0.2, 0.25) is 5.82 Å². The van der Waals surface area contributed by atoms with Crippen molar-refractivity contribution in [1.82, 2.24) is 9.97 Å². The van der Waals surface area contributed by atoms with Crippen molar-refractivity contribution in [2.24, 2.45) is 0 Å². The molecule has 0 aliphatic heterocycles. The molecule has 0 radical (unpaired) electrons. The van der Waals surface area contributed by atoms with E-state index in [-0.39, 0.29) is 0 Å². The second kappa shape index (κ2) is 4.12. The summed E-state index contributed by atoms with van der Waals surface area (Å²) in [5, 5.41) is 0. The molecule has 0 spiro atoms.